The molecule has 1 rings (SSSR count). The maximum Gasteiger partial charge on any atom is 0.167 e. The van der Waals surface area contributed by atoms with E-state index in [2.05, 4.69) is 0 Å². The molecule has 0 radical (unpaired) electrons. The van der Waals surface area contributed by atoms with Crippen LogP contribution in [0.15, 0.2) is 18.2 Å². The van der Waals surface area contributed by atoms with Crippen molar-refractivity contribution in [1.29, 1.82) is 0 Å². The predicted octanol–water partition coefficient (Wildman–Crippen LogP) is 1.49. The fraction of sp³-hybridized carbons (Fsp3) is 0.455. The Labute approximate surface area is 89.0 Å². The molecule has 1 aromatic carbocycles. The van der Waals surface area contributed by atoms with Crippen molar-refractivity contribution in [2.24, 2.45) is 5.73 Å². The summed E-state index contributed by atoms with van der Waals surface area (Å²) in [6.07, 6.45) is 0. The van der Waals surface area contributed by atoms with Crippen LogP contribution in [0.4, 0.5) is 4.39 Å². The molecule has 0 atom stereocenters. The Balaban J connectivity index is 2.34. The number of aryl methyl sites for hydroxylation is 1. The summed E-state index contributed by atoms with van der Waals surface area (Å²) in [6.45, 7) is 3.44. The topological polar surface area (TPSA) is 44.5 Å². The van der Waals surface area contributed by atoms with Crippen LogP contribution in [0.25, 0.3) is 0 Å². The SMILES string of the molecule is Cc1cccc(OCCOCCN)c1F. The predicted molar refractivity (Wildman–Crippen MR) is 56.5 cm³/mol. The minimum atomic E-state index is -0.309. The van der Waals surface area contributed by atoms with Crippen LogP contribution < -0.4 is 10.5 Å². The molecule has 0 aliphatic carbocycles. The Hall–Kier alpha value is -1.13. The molecule has 0 amide bonds. The van der Waals surface area contributed by atoms with Gasteiger partial charge >= 0.3 is 0 Å². The highest BCUT2D eigenvalue weighted by Gasteiger charge is 2.04. The molecule has 0 bridgehead atoms. The average molecular weight is 213 g/mol. The Kier molecular flexibility index (Phi) is 5.07. The van der Waals surface area contributed by atoms with Crippen molar-refractivity contribution in [2.45, 2.75) is 6.92 Å². The molecule has 0 saturated carbocycles. The zero-order valence-electron chi connectivity index (χ0n) is 8.83. The standard InChI is InChI=1S/C11H16FNO2/c1-9-3-2-4-10(11(9)12)15-8-7-14-6-5-13/h2-4H,5-8,13H2,1H3. The van der Waals surface area contributed by atoms with Crippen molar-refractivity contribution in [1.82, 2.24) is 0 Å². The quantitative estimate of drug-likeness (QED) is 0.728. The molecule has 84 valence electrons. The average Bonchev–Trinajstić information content (AvgIpc) is 2.24. The van der Waals surface area contributed by atoms with E-state index < -0.39 is 0 Å². The highest BCUT2D eigenvalue weighted by molar-refractivity contribution is 5.29. The van der Waals surface area contributed by atoms with E-state index in [4.69, 9.17) is 15.2 Å². The molecule has 0 saturated heterocycles. The largest absolute Gasteiger partial charge is 0.488 e. The molecule has 15 heavy (non-hydrogen) atoms. The summed E-state index contributed by atoms with van der Waals surface area (Å²) < 4.78 is 23.7. The summed E-state index contributed by atoms with van der Waals surface area (Å²) >= 11 is 0. The van der Waals surface area contributed by atoms with Gasteiger partial charge in [0.05, 0.1) is 13.2 Å². The van der Waals surface area contributed by atoms with Crippen LogP contribution in [0.3, 0.4) is 0 Å². The van der Waals surface area contributed by atoms with Crippen LogP contribution in [-0.4, -0.2) is 26.4 Å². The first kappa shape index (κ1) is 11.9. The van der Waals surface area contributed by atoms with Crippen LogP contribution in [0.5, 0.6) is 5.75 Å². The maximum absolute atomic E-state index is 13.4. The van der Waals surface area contributed by atoms with Gasteiger partial charge in [0.15, 0.2) is 11.6 Å². The molecule has 0 unspecified atom stereocenters. The van der Waals surface area contributed by atoms with E-state index in [1.807, 2.05) is 0 Å². The molecule has 0 aliphatic heterocycles. The number of halogens is 1. The lowest BCUT2D eigenvalue weighted by Gasteiger charge is -2.08. The molecule has 2 N–H and O–H groups in total. The van der Waals surface area contributed by atoms with Gasteiger partial charge in [-0.1, -0.05) is 12.1 Å². The number of ether oxygens (including phenoxy) is 2. The normalized spacial score (nSPS) is 10.3. The summed E-state index contributed by atoms with van der Waals surface area (Å²) in [5.74, 6) is -0.0392. The third-order valence-electron chi connectivity index (χ3n) is 1.90. The van der Waals surface area contributed by atoms with E-state index in [0.29, 0.717) is 31.9 Å². The van der Waals surface area contributed by atoms with Crippen LogP contribution in [0.2, 0.25) is 0 Å². The number of benzene rings is 1. The molecular weight excluding hydrogens is 197 g/mol. The molecule has 0 aromatic heterocycles. The summed E-state index contributed by atoms with van der Waals surface area (Å²) in [5.41, 5.74) is 5.82. The van der Waals surface area contributed by atoms with Crippen LogP contribution in [-0.2, 0) is 4.74 Å². The molecule has 0 fully saturated rings. The summed E-state index contributed by atoms with van der Waals surface area (Å²) in [4.78, 5) is 0. The van der Waals surface area contributed by atoms with Gasteiger partial charge in [0, 0.05) is 6.54 Å². The Morgan fingerprint density at radius 1 is 1.27 bits per heavy atom. The molecule has 0 heterocycles. The lowest BCUT2D eigenvalue weighted by Crippen LogP contribution is -2.13. The number of nitrogens with two attached hydrogens (primary N) is 1. The molecule has 0 aliphatic rings. The number of hydrogen-bond acceptors (Lipinski definition) is 3. The van der Waals surface area contributed by atoms with E-state index in [1.54, 1.807) is 25.1 Å². The van der Waals surface area contributed by atoms with Crippen molar-refractivity contribution in [3.63, 3.8) is 0 Å². The zero-order valence-corrected chi connectivity index (χ0v) is 8.83. The van der Waals surface area contributed by atoms with Gasteiger partial charge in [-0.05, 0) is 18.6 Å². The van der Waals surface area contributed by atoms with Crippen molar-refractivity contribution in [3.05, 3.63) is 29.6 Å². The van der Waals surface area contributed by atoms with Gasteiger partial charge in [-0.3, -0.25) is 0 Å². The lowest BCUT2D eigenvalue weighted by atomic mass is 10.2. The van der Waals surface area contributed by atoms with E-state index in [1.165, 1.54) is 0 Å². The highest BCUT2D eigenvalue weighted by atomic mass is 19.1. The fourth-order valence-electron chi connectivity index (χ4n) is 1.13. The number of rotatable bonds is 6. The second-order valence-electron chi connectivity index (χ2n) is 3.14. The molecule has 4 heteroatoms. The minimum Gasteiger partial charge on any atom is -0.488 e. The van der Waals surface area contributed by atoms with Gasteiger partial charge in [0.2, 0.25) is 0 Å². The second kappa shape index (κ2) is 6.37. The van der Waals surface area contributed by atoms with Gasteiger partial charge in [-0.25, -0.2) is 4.39 Å². The van der Waals surface area contributed by atoms with E-state index in [9.17, 15) is 4.39 Å². The van der Waals surface area contributed by atoms with Gasteiger partial charge in [-0.2, -0.15) is 0 Å². The van der Waals surface area contributed by atoms with Crippen LogP contribution in [0.1, 0.15) is 5.56 Å². The Bertz CT molecular complexity index is 305. The first-order chi connectivity index (χ1) is 7.25. The number of hydrogen-bond donors (Lipinski definition) is 1. The van der Waals surface area contributed by atoms with Crippen molar-refractivity contribution < 1.29 is 13.9 Å². The molecule has 1 aromatic rings. The molecule has 0 spiro atoms. The Morgan fingerprint density at radius 2 is 2.07 bits per heavy atom. The third kappa shape index (κ3) is 3.85. The smallest absolute Gasteiger partial charge is 0.167 e. The Morgan fingerprint density at radius 3 is 2.80 bits per heavy atom. The highest BCUT2D eigenvalue weighted by Crippen LogP contribution is 2.19. The van der Waals surface area contributed by atoms with Crippen molar-refractivity contribution >= 4 is 0 Å². The van der Waals surface area contributed by atoms with Crippen molar-refractivity contribution in [2.75, 3.05) is 26.4 Å². The lowest BCUT2D eigenvalue weighted by molar-refractivity contribution is 0.104. The first-order valence-electron chi connectivity index (χ1n) is 4.91. The van der Waals surface area contributed by atoms with Crippen molar-refractivity contribution in [3.8, 4) is 5.75 Å². The van der Waals surface area contributed by atoms with Gasteiger partial charge < -0.3 is 15.2 Å². The summed E-state index contributed by atoms with van der Waals surface area (Å²) in [5, 5.41) is 0. The first-order valence-corrected chi connectivity index (χ1v) is 4.91. The van der Waals surface area contributed by atoms with Crippen LogP contribution in [0, 0.1) is 12.7 Å². The fourth-order valence-corrected chi connectivity index (χ4v) is 1.13. The maximum atomic E-state index is 13.4. The van der Waals surface area contributed by atoms with Gasteiger partial charge in [0.1, 0.15) is 6.61 Å². The summed E-state index contributed by atoms with van der Waals surface area (Å²) in [7, 11) is 0. The van der Waals surface area contributed by atoms with E-state index in [0.717, 1.165) is 0 Å². The molecular formula is C11H16FNO2. The van der Waals surface area contributed by atoms with Gasteiger partial charge in [-0.15, -0.1) is 0 Å². The van der Waals surface area contributed by atoms with E-state index in [-0.39, 0.29) is 11.6 Å². The molecule has 3 nitrogen and oxygen atoms in total. The second-order valence-corrected chi connectivity index (χ2v) is 3.14. The van der Waals surface area contributed by atoms with Gasteiger partial charge in [0.25, 0.3) is 0 Å². The summed E-state index contributed by atoms with van der Waals surface area (Å²) in [6, 6.07) is 5.06. The monoisotopic (exact) mass is 213 g/mol. The zero-order chi connectivity index (χ0) is 11.1. The third-order valence-corrected chi connectivity index (χ3v) is 1.90. The van der Waals surface area contributed by atoms with E-state index >= 15 is 0 Å². The van der Waals surface area contributed by atoms with Crippen LogP contribution >= 0.6 is 0 Å². The minimum absolute atomic E-state index is 0.270.